The Kier molecular flexibility index (Phi) is 54.7. The summed E-state index contributed by atoms with van der Waals surface area (Å²) in [6.45, 7) is 17.8. The van der Waals surface area contributed by atoms with Crippen molar-refractivity contribution in [3.05, 3.63) is 0 Å². The molecule has 0 atom stereocenters. The van der Waals surface area contributed by atoms with E-state index in [0.29, 0.717) is 198 Å². The van der Waals surface area contributed by atoms with Crippen LogP contribution >= 0.6 is 0 Å². The molecule has 0 aromatic heterocycles. The number of aliphatic hydroxyl groups is 1. The van der Waals surface area contributed by atoms with Crippen LogP contribution in [-0.4, -0.2) is 217 Å². The van der Waals surface area contributed by atoms with Crippen LogP contribution in [0, 0.1) is 0 Å². The molecule has 0 aromatic carbocycles. The highest BCUT2D eigenvalue weighted by molar-refractivity contribution is 4.45. The van der Waals surface area contributed by atoms with Crippen molar-refractivity contribution >= 4 is 0 Å². The van der Waals surface area contributed by atoms with E-state index in [0.717, 1.165) is 13.0 Å². The molecule has 0 aliphatic rings. The van der Waals surface area contributed by atoms with E-state index >= 15 is 0 Å². The predicted octanol–water partition coefficient (Wildman–Crippen LogP) is 2.95. The lowest BCUT2D eigenvalue weighted by atomic mass is 10.1. The SMILES string of the molecule is CCCCCCCCCOCOCCOCCOCCOCCOCCOCCOCCOCCOCCOCCOCCOCCOCCOCCOCCO. The van der Waals surface area contributed by atoms with E-state index < -0.39 is 0 Å². The van der Waals surface area contributed by atoms with Crippen molar-refractivity contribution in [3.8, 4) is 0 Å². The first-order valence-electron chi connectivity index (χ1n) is 21.3. The van der Waals surface area contributed by atoms with Crippen molar-refractivity contribution < 1.29 is 80.9 Å². The molecule has 1 N–H and O–H groups in total. The fourth-order valence-electron chi connectivity index (χ4n) is 4.48. The molecule has 0 saturated carbocycles. The molecule has 344 valence electrons. The smallest absolute Gasteiger partial charge is 0.146 e. The zero-order chi connectivity index (χ0) is 40.9. The van der Waals surface area contributed by atoms with Gasteiger partial charge in [-0.1, -0.05) is 45.4 Å². The van der Waals surface area contributed by atoms with Crippen LogP contribution in [0.2, 0.25) is 0 Å². The molecule has 0 amide bonds. The summed E-state index contributed by atoms with van der Waals surface area (Å²) in [4.78, 5) is 0. The fourth-order valence-corrected chi connectivity index (χ4v) is 4.48. The van der Waals surface area contributed by atoms with Gasteiger partial charge in [0.25, 0.3) is 0 Å². The number of hydrogen-bond donors (Lipinski definition) is 1. The number of aliphatic hydroxyl groups excluding tert-OH is 1. The third-order valence-corrected chi connectivity index (χ3v) is 7.50. The molecular formula is C40H82O17. The van der Waals surface area contributed by atoms with Crippen molar-refractivity contribution in [2.45, 2.75) is 51.9 Å². The maximum Gasteiger partial charge on any atom is 0.146 e. The molecule has 17 nitrogen and oxygen atoms in total. The van der Waals surface area contributed by atoms with Crippen LogP contribution in [0.15, 0.2) is 0 Å². The summed E-state index contributed by atoms with van der Waals surface area (Å²) in [7, 11) is 0. The van der Waals surface area contributed by atoms with Crippen LogP contribution in [0.5, 0.6) is 0 Å². The van der Waals surface area contributed by atoms with Gasteiger partial charge < -0.3 is 80.9 Å². The number of unbranched alkanes of at least 4 members (excludes halogenated alkanes) is 6. The lowest BCUT2D eigenvalue weighted by molar-refractivity contribution is -0.0739. The van der Waals surface area contributed by atoms with Gasteiger partial charge in [0, 0.05) is 6.61 Å². The Morgan fingerprint density at radius 1 is 0.211 bits per heavy atom. The maximum absolute atomic E-state index is 8.59. The average Bonchev–Trinajstić information content (AvgIpc) is 3.22. The molecule has 0 bridgehead atoms. The van der Waals surface area contributed by atoms with Crippen molar-refractivity contribution in [1.29, 1.82) is 0 Å². The molecular weight excluding hydrogens is 752 g/mol. The quantitative estimate of drug-likeness (QED) is 0.0701. The predicted molar refractivity (Wildman–Crippen MR) is 213 cm³/mol. The van der Waals surface area contributed by atoms with Gasteiger partial charge in [0.1, 0.15) is 6.79 Å². The van der Waals surface area contributed by atoms with E-state index in [9.17, 15) is 0 Å². The van der Waals surface area contributed by atoms with Crippen molar-refractivity contribution in [2.24, 2.45) is 0 Å². The third kappa shape index (κ3) is 55.3. The zero-order valence-corrected chi connectivity index (χ0v) is 35.6. The van der Waals surface area contributed by atoms with Gasteiger partial charge in [-0.2, -0.15) is 0 Å². The Morgan fingerprint density at radius 3 is 0.649 bits per heavy atom. The number of ether oxygens (including phenoxy) is 16. The Balaban J connectivity index is 3.05. The van der Waals surface area contributed by atoms with Crippen LogP contribution in [0.25, 0.3) is 0 Å². The second-order valence-electron chi connectivity index (χ2n) is 12.4. The van der Waals surface area contributed by atoms with E-state index in [1.807, 2.05) is 0 Å². The van der Waals surface area contributed by atoms with Crippen molar-refractivity contribution in [1.82, 2.24) is 0 Å². The molecule has 0 fully saturated rings. The Hall–Kier alpha value is -0.680. The fraction of sp³-hybridized carbons (Fsp3) is 1.00. The molecule has 0 radical (unpaired) electrons. The first-order valence-corrected chi connectivity index (χ1v) is 21.3. The minimum atomic E-state index is 0.0227. The van der Waals surface area contributed by atoms with Gasteiger partial charge in [-0.3, -0.25) is 0 Å². The van der Waals surface area contributed by atoms with Gasteiger partial charge in [0.15, 0.2) is 0 Å². The molecule has 57 heavy (non-hydrogen) atoms. The summed E-state index contributed by atoms with van der Waals surface area (Å²) in [6, 6.07) is 0. The van der Waals surface area contributed by atoms with E-state index in [4.69, 9.17) is 80.9 Å². The summed E-state index contributed by atoms with van der Waals surface area (Å²) < 4.78 is 87.2. The van der Waals surface area contributed by atoms with Gasteiger partial charge in [-0.15, -0.1) is 0 Å². The number of hydrogen-bond acceptors (Lipinski definition) is 17. The average molecular weight is 835 g/mol. The molecule has 0 aliphatic heterocycles. The lowest BCUT2D eigenvalue weighted by Gasteiger charge is -2.09. The van der Waals surface area contributed by atoms with Crippen LogP contribution in [0.1, 0.15) is 51.9 Å². The van der Waals surface area contributed by atoms with Gasteiger partial charge in [0.05, 0.1) is 198 Å². The van der Waals surface area contributed by atoms with E-state index in [1.54, 1.807) is 0 Å². The summed E-state index contributed by atoms with van der Waals surface area (Å²) in [6.07, 6.45) is 8.96. The topological polar surface area (TPSA) is 168 Å². The first kappa shape index (κ1) is 56.3. The van der Waals surface area contributed by atoms with E-state index in [2.05, 4.69) is 6.92 Å². The summed E-state index contributed by atoms with van der Waals surface area (Å²) in [5, 5.41) is 8.59. The zero-order valence-electron chi connectivity index (χ0n) is 35.6. The van der Waals surface area contributed by atoms with Crippen LogP contribution in [-0.2, 0) is 75.8 Å². The van der Waals surface area contributed by atoms with E-state index in [-0.39, 0.29) is 6.61 Å². The van der Waals surface area contributed by atoms with E-state index in [1.165, 1.54) is 38.5 Å². The minimum absolute atomic E-state index is 0.0227. The molecule has 0 saturated heterocycles. The minimum Gasteiger partial charge on any atom is -0.394 e. The van der Waals surface area contributed by atoms with Crippen LogP contribution in [0.3, 0.4) is 0 Å². The highest BCUT2D eigenvalue weighted by Crippen LogP contribution is 2.06. The highest BCUT2D eigenvalue weighted by atomic mass is 16.7. The van der Waals surface area contributed by atoms with Crippen LogP contribution < -0.4 is 0 Å². The molecule has 17 heteroatoms. The number of rotatable bonds is 54. The molecule has 0 aromatic rings. The molecule has 0 unspecified atom stereocenters. The Morgan fingerprint density at radius 2 is 0.404 bits per heavy atom. The standard InChI is InChI=1S/C40H82O17/c1-2-3-4-5-6-7-8-10-56-40-57-39-38-55-37-36-54-35-34-53-33-32-52-31-30-51-29-28-50-27-26-49-25-24-48-23-22-47-21-20-46-19-18-45-17-16-44-15-14-43-13-12-42-11-9-41/h41H,2-40H2,1H3. The lowest BCUT2D eigenvalue weighted by Crippen LogP contribution is -2.16. The first-order chi connectivity index (χ1) is 28.4. The summed E-state index contributed by atoms with van der Waals surface area (Å²) in [5.41, 5.74) is 0. The highest BCUT2D eigenvalue weighted by Gasteiger charge is 1.98. The van der Waals surface area contributed by atoms with Crippen LogP contribution in [0.4, 0.5) is 0 Å². The maximum atomic E-state index is 8.59. The Bertz CT molecular complexity index is 632. The summed E-state index contributed by atoms with van der Waals surface area (Å²) in [5.74, 6) is 0. The molecule has 0 heterocycles. The molecule has 0 spiro atoms. The van der Waals surface area contributed by atoms with Crippen molar-refractivity contribution in [2.75, 3.05) is 212 Å². The van der Waals surface area contributed by atoms with Gasteiger partial charge >= 0.3 is 0 Å². The normalized spacial score (nSPS) is 11.7. The Labute approximate surface area is 344 Å². The van der Waals surface area contributed by atoms with Gasteiger partial charge in [-0.25, -0.2) is 0 Å². The molecule has 0 aliphatic carbocycles. The third-order valence-electron chi connectivity index (χ3n) is 7.50. The van der Waals surface area contributed by atoms with Gasteiger partial charge in [0.2, 0.25) is 0 Å². The monoisotopic (exact) mass is 835 g/mol. The van der Waals surface area contributed by atoms with Crippen molar-refractivity contribution in [3.63, 3.8) is 0 Å². The largest absolute Gasteiger partial charge is 0.394 e. The summed E-state index contributed by atoms with van der Waals surface area (Å²) >= 11 is 0. The second kappa shape index (κ2) is 55.3. The second-order valence-corrected chi connectivity index (χ2v) is 12.4. The van der Waals surface area contributed by atoms with Gasteiger partial charge in [-0.05, 0) is 6.42 Å². The molecule has 0 rings (SSSR count).